The molecule has 1 fully saturated rings. The topological polar surface area (TPSA) is 52.6 Å². The van der Waals surface area contributed by atoms with Crippen molar-refractivity contribution in [2.75, 3.05) is 18.4 Å². The number of benzene rings is 2. The molecule has 4 nitrogen and oxygen atoms in total. The number of aryl methyl sites for hydroxylation is 1. The summed E-state index contributed by atoms with van der Waals surface area (Å²) in [6.45, 7) is 1.62. The van der Waals surface area contributed by atoms with E-state index in [1.54, 1.807) is 0 Å². The lowest BCUT2D eigenvalue weighted by Crippen LogP contribution is -2.54. The molecule has 0 amide bonds. The Morgan fingerprint density at radius 2 is 1.72 bits per heavy atom. The SMILES string of the molecule is O=C(O)C1(Nc2ccccc2)CCN([C@H]2CCc3ccccc32)CC1. The molecule has 0 radical (unpaired) electrons. The predicted molar refractivity (Wildman–Crippen MR) is 98.7 cm³/mol. The third-order valence-corrected chi connectivity index (χ3v) is 5.76. The van der Waals surface area contributed by atoms with Gasteiger partial charge in [-0.2, -0.15) is 0 Å². The molecule has 0 aromatic heterocycles. The van der Waals surface area contributed by atoms with Gasteiger partial charge in [-0.3, -0.25) is 4.90 Å². The monoisotopic (exact) mass is 336 g/mol. The third-order valence-electron chi connectivity index (χ3n) is 5.76. The van der Waals surface area contributed by atoms with E-state index in [2.05, 4.69) is 34.5 Å². The van der Waals surface area contributed by atoms with Crippen LogP contribution in [0.15, 0.2) is 54.6 Å². The number of likely N-dealkylation sites (tertiary alicyclic amines) is 1. The van der Waals surface area contributed by atoms with Crippen molar-refractivity contribution in [3.8, 4) is 0 Å². The number of hydrogen-bond acceptors (Lipinski definition) is 3. The lowest BCUT2D eigenvalue weighted by molar-refractivity contribution is -0.144. The third kappa shape index (κ3) is 3.02. The summed E-state index contributed by atoms with van der Waals surface area (Å²) < 4.78 is 0. The summed E-state index contributed by atoms with van der Waals surface area (Å²) in [7, 11) is 0. The number of nitrogens with zero attached hydrogens (tertiary/aromatic N) is 1. The zero-order valence-electron chi connectivity index (χ0n) is 14.3. The molecule has 0 spiro atoms. The molecule has 2 aromatic rings. The van der Waals surface area contributed by atoms with Gasteiger partial charge < -0.3 is 10.4 Å². The Morgan fingerprint density at radius 3 is 2.44 bits per heavy atom. The first kappa shape index (κ1) is 16.2. The number of carboxylic acids is 1. The summed E-state index contributed by atoms with van der Waals surface area (Å²) >= 11 is 0. The van der Waals surface area contributed by atoms with Crippen LogP contribution in [0.1, 0.15) is 36.4 Å². The lowest BCUT2D eigenvalue weighted by Gasteiger charge is -2.42. The van der Waals surface area contributed by atoms with E-state index >= 15 is 0 Å². The fraction of sp³-hybridized carbons (Fsp3) is 0.381. The van der Waals surface area contributed by atoms with Crippen molar-refractivity contribution < 1.29 is 9.90 Å². The normalized spacial score (nSPS) is 22.3. The molecule has 1 aliphatic heterocycles. The number of aliphatic carboxylic acids is 1. The van der Waals surface area contributed by atoms with Gasteiger partial charge in [0.15, 0.2) is 0 Å². The Morgan fingerprint density at radius 1 is 1.04 bits per heavy atom. The molecule has 0 unspecified atom stereocenters. The first-order chi connectivity index (χ1) is 12.2. The Bertz CT molecular complexity index is 752. The highest BCUT2D eigenvalue weighted by molar-refractivity contribution is 5.83. The fourth-order valence-electron chi connectivity index (χ4n) is 4.32. The number of piperidine rings is 1. The maximum Gasteiger partial charge on any atom is 0.329 e. The molecule has 1 heterocycles. The second-order valence-electron chi connectivity index (χ2n) is 7.17. The molecule has 1 aliphatic carbocycles. The van der Waals surface area contributed by atoms with Gasteiger partial charge in [0.25, 0.3) is 0 Å². The number of para-hydroxylation sites is 1. The van der Waals surface area contributed by atoms with E-state index in [1.807, 2.05) is 30.3 Å². The maximum atomic E-state index is 12.0. The van der Waals surface area contributed by atoms with E-state index in [9.17, 15) is 9.90 Å². The van der Waals surface area contributed by atoms with Gasteiger partial charge in [0.05, 0.1) is 0 Å². The minimum Gasteiger partial charge on any atom is -0.480 e. The van der Waals surface area contributed by atoms with Gasteiger partial charge >= 0.3 is 5.97 Å². The van der Waals surface area contributed by atoms with Crippen molar-refractivity contribution in [3.63, 3.8) is 0 Å². The number of carbonyl (C=O) groups is 1. The number of nitrogens with one attached hydrogen (secondary N) is 1. The molecule has 2 aromatic carbocycles. The molecule has 1 atom stereocenters. The molecule has 0 saturated carbocycles. The van der Waals surface area contributed by atoms with Crippen LogP contribution < -0.4 is 5.32 Å². The second kappa shape index (κ2) is 6.52. The Labute approximate surface area is 148 Å². The second-order valence-corrected chi connectivity index (χ2v) is 7.17. The van der Waals surface area contributed by atoms with Gasteiger partial charge in [0.2, 0.25) is 0 Å². The van der Waals surface area contributed by atoms with Crippen LogP contribution in [0.25, 0.3) is 0 Å². The van der Waals surface area contributed by atoms with Gasteiger partial charge in [-0.1, -0.05) is 42.5 Å². The largest absolute Gasteiger partial charge is 0.480 e. The van der Waals surface area contributed by atoms with Gasteiger partial charge in [0.1, 0.15) is 5.54 Å². The Hall–Kier alpha value is -2.33. The molecule has 4 heteroatoms. The van der Waals surface area contributed by atoms with Crippen LogP contribution in [0.3, 0.4) is 0 Å². The maximum absolute atomic E-state index is 12.0. The fourth-order valence-corrected chi connectivity index (χ4v) is 4.32. The van der Waals surface area contributed by atoms with Crippen molar-refractivity contribution in [1.82, 2.24) is 4.90 Å². The van der Waals surface area contributed by atoms with E-state index in [0.717, 1.165) is 31.6 Å². The van der Waals surface area contributed by atoms with Crippen LogP contribution in [-0.4, -0.2) is 34.6 Å². The van der Waals surface area contributed by atoms with Crippen LogP contribution in [0.5, 0.6) is 0 Å². The summed E-state index contributed by atoms with van der Waals surface area (Å²) in [4.78, 5) is 14.5. The van der Waals surface area contributed by atoms with E-state index in [-0.39, 0.29) is 0 Å². The number of rotatable bonds is 4. The average molecular weight is 336 g/mol. The summed E-state index contributed by atoms with van der Waals surface area (Å²) in [6.07, 6.45) is 3.51. The molecule has 25 heavy (non-hydrogen) atoms. The predicted octanol–water partition coefficient (Wildman–Crippen LogP) is 3.71. The highest BCUT2D eigenvalue weighted by Gasteiger charge is 2.43. The highest BCUT2D eigenvalue weighted by atomic mass is 16.4. The van der Waals surface area contributed by atoms with E-state index in [4.69, 9.17) is 0 Å². The number of fused-ring (bicyclic) bond motifs is 1. The Balaban J connectivity index is 1.49. The molecule has 2 N–H and O–H groups in total. The molecular weight excluding hydrogens is 312 g/mol. The Kier molecular flexibility index (Phi) is 4.22. The quantitative estimate of drug-likeness (QED) is 0.894. The smallest absolute Gasteiger partial charge is 0.329 e. The van der Waals surface area contributed by atoms with Crippen molar-refractivity contribution >= 4 is 11.7 Å². The van der Waals surface area contributed by atoms with Crippen molar-refractivity contribution in [3.05, 3.63) is 65.7 Å². The summed E-state index contributed by atoms with van der Waals surface area (Å²) in [5.74, 6) is -0.747. The van der Waals surface area contributed by atoms with Crippen molar-refractivity contribution in [2.24, 2.45) is 0 Å². The molecule has 1 saturated heterocycles. The van der Waals surface area contributed by atoms with Gasteiger partial charge in [-0.25, -0.2) is 4.79 Å². The zero-order valence-corrected chi connectivity index (χ0v) is 14.3. The zero-order chi connectivity index (χ0) is 17.3. The summed E-state index contributed by atoms with van der Waals surface area (Å²) in [6, 6.07) is 18.8. The lowest BCUT2D eigenvalue weighted by atomic mass is 9.86. The van der Waals surface area contributed by atoms with Gasteiger partial charge in [0, 0.05) is 24.8 Å². The number of hydrogen-bond donors (Lipinski definition) is 2. The first-order valence-corrected chi connectivity index (χ1v) is 9.06. The number of carboxylic acid groups (broad SMARTS) is 1. The minimum absolute atomic E-state index is 0.444. The van der Waals surface area contributed by atoms with Crippen LogP contribution >= 0.6 is 0 Å². The average Bonchev–Trinajstić information content (AvgIpc) is 3.07. The van der Waals surface area contributed by atoms with Crippen LogP contribution in [0, 0.1) is 0 Å². The van der Waals surface area contributed by atoms with Gasteiger partial charge in [-0.05, 0) is 48.9 Å². The van der Waals surface area contributed by atoms with Crippen molar-refractivity contribution in [2.45, 2.75) is 37.3 Å². The minimum atomic E-state index is -0.865. The molecule has 4 rings (SSSR count). The van der Waals surface area contributed by atoms with Crippen LogP contribution in [0.4, 0.5) is 5.69 Å². The molecule has 2 aliphatic rings. The van der Waals surface area contributed by atoms with Crippen molar-refractivity contribution in [1.29, 1.82) is 0 Å². The number of anilines is 1. The van der Waals surface area contributed by atoms with Gasteiger partial charge in [-0.15, -0.1) is 0 Å². The van der Waals surface area contributed by atoms with Crippen LogP contribution in [0.2, 0.25) is 0 Å². The molecular formula is C21H24N2O2. The summed E-state index contributed by atoms with van der Waals surface area (Å²) in [5.41, 5.74) is 2.89. The first-order valence-electron chi connectivity index (χ1n) is 9.06. The molecule has 0 bridgehead atoms. The van der Waals surface area contributed by atoms with E-state index in [0.29, 0.717) is 18.9 Å². The van der Waals surface area contributed by atoms with E-state index < -0.39 is 11.5 Å². The van der Waals surface area contributed by atoms with Crippen LogP contribution in [-0.2, 0) is 11.2 Å². The standard InChI is InChI=1S/C21H24N2O2/c24-20(25)21(22-17-7-2-1-3-8-17)12-14-23(15-13-21)19-11-10-16-6-4-5-9-18(16)19/h1-9,19,22H,10-15H2,(H,24,25)/t19-/m0/s1. The summed E-state index contributed by atoms with van der Waals surface area (Å²) in [5, 5.41) is 13.2. The van der Waals surface area contributed by atoms with E-state index in [1.165, 1.54) is 11.1 Å². The molecule has 130 valence electrons. The highest BCUT2D eigenvalue weighted by Crippen LogP contribution is 2.39.